The van der Waals surface area contributed by atoms with Crippen LogP contribution < -0.4 is 10.5 Å². The van der Waals surface area contributed by atoms with Gasteiger partial charge >= 0.3 is 5.76 Å². The summed E-state index contributed by atoms with van der Waals surface area (Å²) in [6.07, 6.45) is 0. The first-order valence-electron chi connectivity index (χ1n) is 7.43. The van der Waals surface area contributed by atoms with Gasteiger partial charge in [-0.1, -0.05) is 23.8 Å². The summed E-state index contributed by atoms with van der Waals surface area (Å²) in [4.78, 5) is 11.6. The van der Waals surface area contributed by atoms with Gasteiger partial charge in [0, 0.05) is 19.7 Å². The van der Waals surface area contributed by atoms with E-state index in [1.165, 1.54) is 16.7 Å². The minimum atomic E-state index is -3.70. The molecule has 0 aliphatic carbocycles. The van der Waals surface area contributed by atoms with E-state index in [2.05, 4.69) is 4.72 Å². The van der Waals surface area contributed by atoms with Crippen LogP contribution in [0.1, 0.15) is 16.7 Å². The summed E-state index contributed by atoms with van der Waals surface area (Å²) in [7, 11) is -2.13. The zero-order valence-corrected chi connectivity index (χ0v) is 14.5. The molecular formula is C17H18N2O4S. The Bertz CT molecular complexity index is 1080. The molecule has 126 valence electrons. The third-order valence-corrected chi connectivity index (χ3v) is 5.42. The second-order valence-corrected chi connectivity index (χ2v) is 7.58. The molecule has 7 heteroatoms. The lowest BCUT2D eigenvalue weighted by molar-refractivity contribution is 0.527. The van der Waals surface area contributed by atoms with Crippen LogP contribution in [0.3, 0.4) is 0 Å². The zero-order chi connectivity index (χ0) is 17.5. The molecule has 6 nitrogen and oxygen atoms in total. The lowest BCUT2D eigenvalue weighted by Crippen LogP contribution is -2.23. The molecule has 24 heavy (non-hydrogen) atoms. The molecule has 3 rings (SSSR count). The van der Waals surface area contributed by atoms with Crippen LogP contribution in [0.15, 0.2) is 50.5 Å². The first-order valence-corrected chi connectivity index (χ1v) is 8.91. The van der Waals surface area contributed by atoms with Crippen molar-refractivity contribution in [2.75, 3.05) is 0 Å². The largest absolute Gasteiger partial charge is 0.419 e. The molecule has 0 saturated heterocycles. The van der Waals surface area contributed by atoms with Crippen LogP contribution >= 0.6 is 0 Å². The SMILES string of the molecule is Cc1ccc(CNS(=O)(=O)c2ccc3c(c2)oc(=O)n3C)c(C)c1. The fraction of sp³-hybridized carbons (Fsp3) is 0.235. The Morgan fingerprint density at radius 2 is 1.88 bits per heavy atom. The Labute approximate surface area is 139 Å². The topological polar surface area (TPSA) is 81.3 Å². The molecular weight excluding hydrogens is 328 g/mol. The van der Waals surface area contributed by atoms with Gasteiger partial charge < -0.3 is 4.42 Å². The number of nitrogens with zero attached hydrogens (tertiary/aromatic N) is 1. The Balaban J connectivity index is 1.88. The first kappa shape index (κ1) is 16.5. The molecule has 3 aromatic rings. The number of hydrogen-bond donors (Lipinski definition) is 1. The number of benzene rings is 2. The minimum absolute atomic E-state index is 0.0640. The summed E-state index contributed by atoms with van der Waals surface area (Å²) in [5.74, 6) is -0.525. The fourth-order valence-electron chi connectivity index (χ4n) is 2.58. The van der Waals surface area contributed by atoms with Gasteiger partial charge in [-0.2, -0.15) is 0 Å². The normalized spacial score (nSPS) is 12.0. The van der Waals surface area contributed by atoms with Crippen LogP contribution in [0.5, 0.6) is 0 Å². The number of aromatic nitrogens is 1. The minimum Gasteiger partial charge on any atom is -0.408 e. The van der Waals surface area contributed by atoms with E-state index in [1.807, 2.05) is 32.0 Å². The van der Waals surface area contributed by atoms with Crippen molar-refractivity contribution in [2.45, 2.75) is 25.3 Å². The Morgan fingerprint density at radius 3 is 2.58 bits per heavy atom. The molecule has 0 bridgehead atoms. The predicted octanol–water partition coefficient (Wildman–Crippen LogP) is 2.23. The van der Waals surface area contributed by atoms with Crippen LogP contribution in [0.25, 0.3) is 11.1 Å². The van der Waals surface area contributed by atoms with Crippen LogP contribution in [-0.2, 0) is 23.6 Å². The van der Waals surface area contributed by atoms with Crippen molar-refractivity contribution in [3.63, 3.8) is 0 Å². The number of oxazole rings is 1. The molecule has 0 atom stereocenters. The van der Waals surface area contributed by atoms with Gasteiger partial charge in [0.05, 0.1) is 10.4 Å². The highest BCUT2D eigenvalue weighted by Crippen LogP contribution is 2.18. The van der Waals surface area contributed by atoms with Gasteiger partial charge in [0.1, 0.15) is 0 Å². The van der Waals surface area contributed by atoms with Crippen molar-refractivity contribution < 1.29 is 12.8 Å². The second kappa shape index (κ2) is 5.92. The van der Waals surface area contributed by atoms with Crippen molar-refractivity contribution in [1.29, 1.82) is 0 Å². The van der Waals surface area contributed by atoms with Crippen LogP contribution in [0.2, 0.25) is 0 Å². The van der Waals surface area contributed by atoms with Crippen molar-refractivity contribution in [2.24, 2.45) is 7.05 Å². The number of nitrogens with one attached hydrogen (secondary N) is 1. The average Bonchev–Trinajstić information content (AvgIpc) is 2.81. The molecule has 2 aromatic carbocycles. The summed E-state index contributed by atoms with van der Waals surface area (Å²) in [6, 6.07) is 10.2. The van der Waals surface area contributed by atoms with E-state index in [9.17, 15) is 13.2 Å². The highest BCUT2D eigenvalue weighted by atomic mass is 32.2. The number of sulfonamides is 1. The van der Waals surface area contributed by atoms with E-state index in [-0.39, 0.29) is 17.0 Å². The van der Waals surface area contributed by atoms with E-state index < -0.39 is 15.8 Å². The van der Waals surface area contributed by atoms with E-state index >= 15 is 0 Å². The maximum atomic E-state index is 12.5. The number of hydrogen-bond acceptors (Lipinski definition) is 4. The van der Waals surface area contributed by atoms with Gasteiger partial charge in [-0.05, 0) is 37.1 Å². The standard InChI is InChI=1S/C17H18N2O4S/c1-11-4-5-13(12(2)8-11)10-18-24(21,22)14-6-7-15-16(9-14)23-17(20)19(15)3/h4-9,18H,10H2,1-3H3. The van der Waals surface area contributed by atoms with E-state index in [1.54, 1.807) is 13.1 Å². The lowest BCUT2D eigenvalue weighted by atomic mass is 10.1. The third kappa shape index (κ3) is 3.00. The highest BCUT2D eigenvalue weighted by molar-refractivity contribution is 7.89. The molecule has 0 saturated carbocycles. The quantitative estimate of drug-likeness (QED) is 0.785. The Morgan fingerprint density at radius 1 is 1.12 bits per heavy atom. The van der Waals surface area contributed by atoms with Crippen LogP contribution in [0, 0.1) is 13.8 Å². The van der Waals surface area contributed by atoms with E-state index in [0.717, 1.165) is 16.7 Å². The van der Waals surface area contributed by atoms with E-state index in [4.69, 9.17) is 4.42 Å². The average molecular weight is 346 g/mol. The lowest BCUT2D eigenvalue weighted by Gasteiger charge is -2.09. The summed E-state index contributed by atoms with van der Waals surface area (Å²) in [6.45, 7) is 4.14. The first-order chi connectivity index (χ1) is 11.3. The maximum absolute atomic E-state index is 12.5. The van der Waals surface area contributed by atoms with Crippen molar-refractivity contribution >= 4 is 21.1 Å². The summed E-state index contributed by atoms with van der Waals surface area (Å²) in [5, 5.41) is 0. The van der Waals surface area contributed by atoms with Crippen molar-refractivity contribution in [3.8, 4) is 0 Å². The molecule has 1 heterocycles. The second-order valence-electron chi connectivity index (χ2n) is 5.81. The highest BCUT2D eigenvalue weighted by Gasteiger charge is 2.17. The van der Waals surface area contributed by atoms with Gasteiger partial charge in [-0.3, -0.25) is 4.57 Å². The van der Waals surface area contributed by atoms with Gasteiger partial charge in [-0.15, -0.1) is 0 Å². The van der Waals surface area contributed by atoms with Gasteiger partial charge in [-0.25, -0.2) is 17.9 Å². The predicted molar refractivity (Wildman–Crippen MR) is 91.4 cm³/mol. The molecule has 0 aliphatic heterocycles. The molecule has 0 radical (unpaired) electrons. The monoisotopic (exact) mass is 346 g/mol. The van der Waals surface area contributed by atoms with Crippen molar-refractivity contribution in [1.82, 2.24) is 9.29 Å². The van der Waals surface area contributed by atoms with Crippen LogP contribution in [-0.4, -0.2) is 13.0 Å². The van der Waals surface area contributed by atoms with Gasteiger partial charge in [0.15, 0.2) is 5.58 Å². The Hall–Kier alpha value is -2.38. The molecule has 1 aromatic heterocycles. The summed E-state index contributed by atoms with van der Waals surface area (Å²) in [5.41, 5.74) is 3.87. The Kier molecular flexibility index (Phi) is 4.06. The number of rotatable bonds is 4. The summed E-state index contributed by atoms with van der Waals surface area (Å²) < 4.78 is 33.9. The van der Waals surface area contributed by atoms with E-state index in [0.29, 0.717) is 5.52 Å². The number of aryl methyl sites for hydroxylation is 3. The molecule has 1 N–H and O–H groups in total. The van der Waals surface area contributed by atoms with Crippen LogP contribution in [0.4, 0.5) is 0 Å². The van der Waals surface area contributed by atoms with Gasteiger partial charge in [0.25, 0.3) is 0 Å². The zero-order valence-electron chi connectivity index (χ0n) is 13.7. The molecule has 0 amide bonds. The smallest absolute Gasteiger partial charge is 0.408 e. The summed E-state index contributed by atoms with van der Waals surface area (Å²) >= 11 is 0. The third-order valence-electron chi connectivity index (χ3n) is 4.02. The fourth-order valence-corrected chi connectivity index (χ4v) is 3.60. The maximum Gasteiger partial charge on any atom is 0.419 e. The molecule has 0 unspecified atom stereocenters. The molecule has 0 aliphatic rings. The van der Waals surface area contributed by atoms with Crippen molar-refractivity contribution in [3.05, 3.63) is 63.6 Å². The van der Waals surface area contributed by atoms with Gasteiger partial charge in [0.2, 0.25) is 10.0 Å². The number of fused-ring (bicyclic) bond motifs is 1. The molecule has 0 spiro atoms. The molecule has 0 fully saturated rings.